The predicted octanol–water partition coefficient (Wildman–Crippen LogP) is 1.46. The first-order chi connectivity index (χ1) is 8.40. The lowest BCUT2D eigenvalue weighted by Crippen LogP contribution is -2.42. The number of aromatic hydroxyl groups is 1. The molecule has 0 aromatic heterocycles. The van der Waals surface area contributed by atoms with E-state index >= 15 is 0 Å². The third kappa shape index (κ3) is 4.33. The number of carbonyl (C=O) groups is 1. The Hall–Kier alpha value is -1.62. The van der Waals surface area contributed by atoms with E-state index in [1.807, 2.05) is 13.8 Å². The van der Waals surface area contributed by atoms with Gasteiger partial charge in [0.05, 0.1) is 18.0 Å². The molecule has 0 unspecified atom stereocenters. The zero-order valence-electron chi connectivity index (χ0n) is 10.6. The third-order valence-corrected chi connectivity index (χ3v) is 2.66. The lowest BCUT2D eigenvalue weighted by molar-refractivity contribution is -0.131. The first kappa shape index (κ1) is 14.4. The summed E-state index contributed by atoms with van der Waals surface area (Å²) in [6, 6.07) is 6.71. The lowest BCUT2D eigenvalue weighted by Gasteiger charge is -2.26. The fourth-order valence-corrected chi connectivity index (χ4v) is 1.81. The summed E-state index contributed by atoms with van der Waals surface area (Å²) in [7, 11) is 0. The van der Waals surface area contributed by atoms with Crippen molar-refractivity contribution in [2.75, 3.05) is 6.54 Å². The maximum Gasteiger partial charge on any atom is 0.227 e. The zero-order valence-corrected chi connectivity index (χ0v) is 11.4. The second kappa shape index (κ2) is 6.35. The van der Waals surface area contributed by atoms with Crippen molar-refractivity contribution in [2.24, 2.45) is 5.73 Å². The van der Waals surface area contributed by atoms with E-state index in [0.717, 1.165) is 5.56 Å². The van der Waals surface area contributed by atoms with Crippen molar-refractivity contribution in [1.29, 1.82) is 0 Å². The van der Waals surface area contributed by atoms with Gasteiger partial charge in [0, 0.05) is 6.04 Å². The Morgan fingerprint density at radius 2 is 2.17 bits per heavy atom. The summed E-state index contributed by atoms with van der Waals surface area (Å²) >= 11 is 4.84. The Morgan fingerprint density at radius 3 is 2.67 bits per heavy atom. The Morgan fingerprint density at radius 1 is 1.50 bits per heavy atom. The van der Waals surface area contributed by atoms with Gasteiger partial charge in [0.25, 0.3) is 0 Å². The molecule has 1 amide bonds. The fourth-order valence-electron chi connectivity index (χ4n) is 1.67. The van der Waals surface area contributed by atoms with Crippen molar-refractivity contribution in [3.63, 3.8) is 0 Å². The first-order valence-corrected chi connectivity index (χ1v) is 6.16. The first-order valence-electron chi connectivity index (χ1n) is 5.76. The largest absolute Gasteiger partial charge is 0.508 e. The van der Waals surface area contributed by atoms with Crippen LogP contribution in [0, 0.1) is 0 Å². The average molecular weight is 266 g/mol. The molecule has 1 aromatic carbocycles. The van der Waals surface area contributed by atoms with Gasteiger partial charge in [-0.25, -0.2) is 0 Å². The van der Waals surface area contributed by atoms with Gasteiger partial charge in [0.15, 0.2) is 0 Å². The molecule has 1 rings (SSSR count). The molecule has 4 nitrogen and oxygen atoms in total. The summed E-state index contributed by atoms with van der Waals surface area (Å²) in [5, 5.41) is 9.35. The molecule has 98 valence electrons. The van der Waals surface area contributed by atoms with Crippen molar-refractivity contribution in [3.05, 3.63) is 29.8 Å². The molecular weight excluding hydrogens is 248 g/mol. The number of carbonyl (C=O) groups excluding carboxylic acids is 1. The molecule has 0 aliphatic rings. The standard InChI is InChI=1S/C13H18N2O2S/c1-9(2)15(8-12(14)18)13(17)7-10-4-3-5-11(16)6-10/h3-6,9,16H,7-8H2,1-2H3,(H2,14,18). The maximum atomic E-state index is 12.1. The molecule has 0 aliphatic carbocycles. The summed E-state index contributed by atoms with van der Waals surface area (Å²) in [4.78, 5) is 14.1. The van der Waals surface area contributed by atoms with Crippen molar-refractivity contribution < 1.29 is 9.90 Å². The minimum atomic E-state index is -0.0524. The minimum Gasteiger partial charge on any atom is -0.508 e. The highest BCUT2D eigenvalue weighted by atomic mass is 32.1. The summed E-state index contributed by atoms with van der Waals surface area (Å²) in [6.45, 7) is 4.11. The van der Waals surface area contributed by atoms with Crippen LogP contribution in [0.4, 0.5) is 0 Å². The van der Waals surface area contributed by atoms with Crippen LogP contribution in [-0.2, 0) is 11.2 Å². The topological polar surface area (TPSA) is 66.6 Å². The van der Waals surface area contributed by atoms with Crippen molar-refractivity contribution in [3.8, 4) is 5.75 Å². The van der Waals surface area contributed by atoms with E-state index in [0.29, 0.717) is 4.99 Å². The molecule has 0 atom stereocenters. The number of hydrogen-bond donors (Lipinski definition) is 2. The number of amides is 1. The summed E-state index contributed by atoms with van der Waals surface area (Å²) in [6.07, 6.45) is 0.231. The van der Waals surface area contributed by atoms with Gasteiger partial charge < -0.3 is 15.7 Å². The Labute approximate surface area is 112 Å². The van der Waals surface area contributed by atoms with E-state index < -0.39 is 0 Å². The second-order valence-electron chi connectivity index (χ2n) is 4.43. The van der Waals surface area contributed by atoms with Crippen LogP contribution in [0.3, 0.4) is 0 Å². The minimum absolute atomic E-state index is 0.0382. The van der Waals surface area contributed by atoms with Crippen molar-refractivity contribution >= 4 is 23.1 Å². The number of nitrogens with two attached hydrogens (primary N) is 1. The molecule has 3 N–H and O–H groups in total. The summed E-state index contributed by atoms with van der Waals surface area (Å²) < 4.78 is 0. The monoisotopic (exact) mass is 266 g/mol. The van der Waals surface area contributed by atoms with Crippen LogP contribution in [0.5, 0.6) is 5.75 Å². The second-order valence-corrected chi connectivity index (χ2v) is 4.95. The third-order valence-electron chi connectivity index (χ3n) is 2.54. The van der Waals surface area contributed by atoms with Gasteiger partial charge >= 0.3 is 0 Å². The molecule has 5 heteroatoms. The van der Waals surface area contributed by atoms with Gasteiger partial charge in [-0.2, -0.15) is 0 Å². The highest BCUT2D eigenvalue weighted by Gasteiger charge is 2.17. The quantitative estimate of drug-likeness (QED) is 0.792. The molecule has 0 spiro atoms. The highest BCUT2D eigenvalue weighted by molar-refractivity contribution is 7.80. The smallest absolute Gasteiger partial charge is 0.227 e. The molecule has 18 heavy (non-hydrogen) atoms. The number of hydrogen-bond acceptors (Lipinski definition) is 3. The van der Waals surface area contributed by atoms with Crippen LogP contribution < -0.4 is 5.73 Å². The van der Waals surface area contributed by atoms with Gasteiger partial charge in [0.1, 0.15) is 5.75 Å². The molecule has 1 aromatic rings. The molecule has 0 fully saturated rings. The van der Waals surface area contributed by atoms with Crippen LogP contribution in [0.2, 0.25) is 0 Å². The van der Waals surface area contributed by atoms with Gasteiger partial charge in [-0.1, -0.05) is 24.4 Å². The summed E-state index contributed by atoms with van der Waals surface area (Å²) in [5.74, 6) is 0.106. The normalized spacial score (nSPS) is 10.4. The van der Waals surface area contributed by atoms with Crippen molar-refractivity contribution in [1.82, 2.24) is 4.90 Å². The maximum absolute atomic E-state index is 12.1. The number of nitrogens with zero attached hydrogens (tertiary/aromatic N) is 1. The highest BCUT2D eigenvalue weighted by Crippen LogP contribution is 2.13. The predicted molar refractivity (Wildman–Crippen MR) is 75.4 cm³/mol. The van der Waals surface area contributed by atoms with Gasteiger partial charge in [-0.05, 0) is 31.5 Å². The fraction of sp³-hybridized carbons (Fsp3) is 0.385. The van der Waals surface area contributed by atoms with Gasteiger partial charge in [-0.15, -0.1) is 0 Å². The van der Waals surface area contributed by atoms with Crippen molar-refractivity contribution in [2.45, 2.75) is 26.3 Å². The molecule has 0 aliphatic heterocycles. The van der Waals surface area contributed by atoms with Crippen LogP contribution >= 0.6 is 12.2 Å². The number of rotatable bonds is 5. The number of benzene rings is 1. The van der Waals surface area contributed by atoms with E-state index in [4.69, 9.17) is 18.0 Å². The van der Waals surface area contributed by atoms with Gasteiger partial charge in [0.2, 0.25) is 5.91 Å². The van der Waals surface area contributed by atoms with E-state index in [9.17, 15) is 9.90 Å². The Balaban J connectivity index is 2.75. The van der Waals surface area contributed by atoms with E-state index in [2.05, 4.69) is 0 Å². The average Bonchev–Trinajstić information content (AvgIpc) is 2.25. The Bertz CT molecular complexity index is 446. The van der Waals surface area contributed by atoms with E-state index in [1.54, 1.807) is 29.2 Å². The zero-order chi connectivity index (χ0) is 13.7. The van der Waals surface area contributed by atoms with Crippen LogP contribution in [0.15, 0.2) is 24.3 Å². The lowest BCUT2D eigenvalue weighted by atomic mass is 10.1. The molecule has 0 heterocycles. The number of phenols is 1. The van der Waals surface area contributed by atoms with Gasteiger partial charge in [-0.3, -0.25) is 4.79 Å². The Kier molecular flexibility index (Phi) is 5.09. The van der Waals surface area contributed by atoms with Crippen LogP contribution in [-0.4, -0.2) is 33.5 Å². The number of thiocarbonyl (C=S) groups is 1. The number of phenolic OH excluding ortho intramolecular Hbond substituents is 1. The molecule has 0 saturated heterocycles. The van der Waals surface area contributed by atoms with Crippen LogP contribution in [0.1, 0.15) is 19.4 Å². The SMILES string of the molecule is CC(C)N(CC(N)=S)C(=O)Cc1cccc(O)c1. The molecule has 0 radical (unpaired) electrons. The van der Waals surface area contributed by atoms with E-state index in [-0.39, 0.29) is 30.7 Å². The molecule has 0 saturated carbocycles. The summed E-state index contributed by atoms with van der Waals surface area (Å²) in [5.41, 5.74) is 6.26. The van der Waals surface area contributed by atoms with E-state index in [1.165, 1.54) is 0 Å². The molecular formula is C13H18N2O2S. The molecule has 0 bridgehead atoms. The van der Waals surface area contributed by atoms with Crippen LogP contribution in [0.25, 0.3) is 0 Å².